The molecule has 2 bridgehead atoms. The van der Waals surface area contributed by atoms with Gasteiger partial charge in [-0.25, -0.2) is 15.0 Å². The van der Waals surface area contributed by atoms with Gasteiger partial charge in [-0.05, 0) is 11.6 Å². The van der Waals surface area contributed by atoms with E-state index in [0.717, 1.165) is 5.56 Å². The van der Waals surface area contributed by atoms with Crippen LogP contribution in [-0.2, 0) is 16.1 Å². The number of fused-ring (bicyclic) bond motifs is 3. The second-order valence-electron chi connectivity index (χ2n) is 7.43. The standard InChI is InChI=1S/C19H22N8O3/c1-21-18(29)19-7-23-12(14(19)28)17(30-19)27-9-26-13-15(24-8-25-16(13)27)22-6-10-4-2-3-5-11(10)20/h2-5,8-9,12,14,17,23,28H,6-7,20H2,1H3,(H,21,29)(H,22,24,25)/t12-,14?,17+,19+/m0/s1. The summed E-state index contributed by atoms with van der Waals surface area (Å²) in [5.74, 6) is 0.189. The van der Waals surface area contributed by atoms with E-state index in [1.54, 1.807) is 10.9 Å². The molecule has 156 valence electrons. The van der Waals surface area contributed by atoms with Gasteiger partial charge in [-0.2, -0.15) is 0 Å². The van der Waals surface area contributed by atoms with Crippen molar-refractivity contribution in [1.82, 2.24) is 30.2 Å². The van der Waals surface area contributed by atoms with Gasteiger partial charge in [0.05, 0.1) is 12.4 Å². The van der Waals surface area contributed by atoms with Gasteiger partial charge in [0, 0.05) is 25.8 Å². The largest absolute Gasteiger partial charge is 0.398 e. The zero-order valence-electron chi connectivity index (χ0n) is 16.2. The van der Waals surface area contributed by atoms with E-state index in [1.807, 2.05) is 24.3 Å². The van der Waals surface area contributed by atoms with Crippen LogP contribution in [-0.4, -0.2) is 61.9 Å². The summed E-state index contributed by atoms with van der Waals surface area (Å²) in [7, 11) is 1.52. The SMILES string of the molecule is CNC(=O)[C@@]12CN[C@@H](C1O)[C@H](n1cnc3c(NCc4ccccc4N)ncnc31)O2. The predicted octanol–water partition coefficient (Wildman–Crippen LogP) is -0.633. The van der Waals surface area contributed by atoms with Crippen molar-refractivity contribution in [3.05, 3.63) is 42.5 Å². The number of anilines is 2. The summed E-state index contributed by atoms with van der Waals surface area (Å²) in [5, 5.41) is 19.7. The highest BCUT2D eigenvalue weighted by Gasteiger charge is 2.64. The van der Waals surface area contributed by atoms with E-state index in [0.29, 0.717) is 29.2 Å². The van der Waals surface area contributed by atoms with Gasteiger partial charge in [0.25, 0.3) is 5.91 Å². The predicted molar refractivity (Wildman–Crippen MR) is 108 cm³/mol. The number of ether oxygens (including phenoxy) is 1. The maximum absolute atomic E-state index is 12.4. The number of rotatable bonds is 5. The molecule has 2 saturated heterocycles. The van der Waals surface area contributed by atoms with Crippen LogP contribution in [0.3, 0.4) is 0 Å². The number of hydrogen-bond acceptors (Lipinski definition) is 9. The Balaban J connectivity index is 1.45. The van der Waals surface area contributed by atoms with E-state index in [9.17, 15) is 9.90 Å². The molecule has 11 nitrogen and oxygen atoms in total. The number of likely N-dealkylation sites (N-methyl/N-ethyl adjacent to an activating group) is 1. The highest BCUT2D eigenvalue weighted by atomic mass is 16.6. The molecule has 4 heterocycles. The lowest BCUT2D eigenvalue weighted by molar-refractivity contribution is -0.158. The van der Waals surface area contributed by atoms with E-state index in [4.69, 9.17) is 10.5 Å². The lowest BCUT2D eigenvalue weighted by Crippen LogP contribution is -2.54. The Morgan fingerprint density at radius 2 is 2.23 bits per heavy atom. The fourth-order valence-electron chi connectivity index (χ4n) is 4.18. The van der Waals surface area contributed by atoms with Crippen molar-refractivity contribution in [3.8, 4) is 0 Å². The number of carbonyl (C=O) groups is 1. The number of aliphatic hydroxyl groups excluding tert-OH is 1. The minimum absolute atomic E-state index is 0.238. The number of aliphatic hydroxyl groups is 1. The Labute approximate surface area is 171 Å². The average molecular weight is 410 g/mol. The van der Waals surface area contributed by atoms with Gasteiger partial charge in [0.15, 0.2) is 28.8 Å². The van der Waals surface area contributed by atoms with Crippen LogP contribution in [0.4, 0.5) is 11.5 Å². The van der Waals surface area contributed by atoms with Crippen LogP contribution < -0.4 is 21.7 Å². The molecule has 0 saturated carbocycles. The van der Waals surface area contributed by atoms with Crippen LogP contribution in [0.15, 0.2) is 36.9 Å². The van der Waals surface area contributed by atoms with Crippen molar-refractivity contribution in [1.29, 1.82) is 0 Å². The molecule has 1 aromatic carbocycles. The highest BCUT2D eigenvalue weighted by Crippen LogP contribution is 2.42. The third-order valence-electron chi connectivity index (χ3n) is 5.80. The first kappa shape index (κ1) is 18.7. The number of morpholine rings is 1. The number of carbonyl (C=O) groups excluding carboxylic acids is 1. The van der Waals surface area contributed by atoms with Crippen molar-refractivity contribution in [2.75, 3.05) is 24.6 Å². The third-order valence-corrected chi connectivity index (χ3v) is 5.80. The molecule has 2 aliphatic heterocycles. The zero-order chi connectivity index (χ0) is 20.9. The van der Waals surface area contributed by atoms with Crippen LogP contribution in [0, 0.1) is 0 Å². The van der Waals surface area contributed by atoms with Crippen LogP contribution in [0.2, 0.25) is 0 Å². The number of nitrogen functional groups attached to an aromatic ring is 1. The molecule has 2 fully saturated rings. The van der Waals surface area contributed by atoms with Gasteiger partial charge >= 0.3 is 0 Å². The van der Waals surface area contributed by atoms with Gasteiger partial charge < -0.3 is 31.5 Å². The van der Waals surface area contributed by atoms with Crippen molar-refractivity contribution >= 4 is 28.6 Å². The van der Waals surface area contributed by atoms with Crippen LogP contribution in [0.25, 0.3) is 11.2 Å². The first-order valence-electron chi connectivity index (χ1n) is 9.61. The summed E-state index contributed by atoms with van der Waals surface area (Å²) >= 11 is 0. The zero-order valence-corrected chi connectivity index (χ0v) is 16.2. The number of amides is 1. The van der Waals surface area contributed by atoms with Crippen LogP contribution in [0.1, 0.15) is 11.8 Å². The molecular formula is C19H22N8O3. The number of imidazole rings is 1. The fraction of sp³-hybridized carbons (Fsp3) is 0.368. The number of nitrogens with two attached hydrogens (primary N) is 1. The summed E-state index contributed by atoms with van der Waals surface area (Å²) in [5.41, 5.74) is 7.40. The molecule has 30 heavy (non-hydrogen) atoms. The number of para-hydroxylation sites is 1. The average Bonchev–Trinajstić information content (AvgIpc) is 3.42. The second-order valence-corrected chi connectivity index (χ2v) is 7.43. The second kappa shape index (κ2) is 6.90. The molecule has 4 atom stereocenters. The molecule has 0 radical (unpaired) electrons. The minimum atomic E-state index is -1.33. The van der Waals surface area contributed by atoms with E-state index in [1.165, 1.54) is 13.4 Å². The topological polar surface area (TPSA) is 152 Å². The summed E-state index contributed by atoms with van der Waals surface area (Å²) < 4.78 is 7.76. The summed E-state index contributed by atoms with van der Waals surface area (Å²) in [6.45, 7) is 0.718. The molecule has 6 N–H and O–H groups in total. The first-order chi connectivity index (χ1) is 14.5. The number of hydrogen-bond donors (Lipinski definition) is 5. The number of aromatic nitrogens is 4. The monoisotopic (exact) mass is 410 g/mol. The van der Waals surface area contributed by atoms with Crippen molar-refractivity contribution < 1.29 is 14.6 Å². The van der Waals surface area contributed by atoms with Crippen LogP contribution >= 0.6 is 0 Å². The van der Waals surface area contributed by atoms with Crippen molar-refractivity contribution in [2.45, 2.75) is 30.5 Å². The molecular weight excluding hydrogens is 388 g/mol. The molecule has 2 aliphatic rings. The Hall–Kier alpha value is -3.28. The van der Waals surface area contributed by atoms with Gasteiger partial charge in [0.1, 0.15) is 12.4 Å². The van der Waals surface area contributed by atoms with Crippen molar-refractivity contribution in [2.24, 2.45) is 0 Å². The molecule has 5 rings (SSSR count). The van der Waals surface area contributed by atoms with E-state index < -0.39 is 24.0 Å². The fourth-order valence-corrected chi connectivity index (χ4v) is 4.18. The maximum atomic E-state index is 12.4. The lowest BCUT2D eigenvalue weighted by atomic mass is 9.98. The van der Waals surface area contributed by atoms with E-state index in [2.05, 4.69) is 30.9 Å². The number of nitrogens with zero attached hydrogens (tertiary/aromatic N) is 4. The number of nitrogens with one attached hydrogen (secondary N) is 3. The molecule has 3 aromatic rings. The molecule has 1 unspecified atom stereocenters. The van der Waals surface area contributed by atoms with E-state index in [-0.39, 0.29) is 12.5 Å². The van der Waals surface area contributed by atoms with Gasteiger partial charge in [0.2, 0.25) is 0 Å². The molecule has 2 aromatic heterocycles. The Morgan fingerprint density at radius 1 is 1.40 bits per heavy atom. The third kappa shape index (κ3) is 2.63. The molecule has 11 heteroatoms. The molecule has 0 aliphatic carbocycles. The van der Waals surface area contributed by atoms with E-state index >= 15 is 0 Å². The van der Waals surface area contributed by atoms with Gasteiger partial charge in [-0.3, -0.25) is 9.36 Å². The summed E-state index contributed by atoms with van der Waals surface area (Å²) in [6, 6.07) is 7.12. The van der Waals surface area contributed by atoms with Gasteiger partial charge in [-0.1, -0.05) is 18.2 Å². The summed E-state index contributed by atoms with van der Waals surface area (Å²) in [6.07, 6.45) is 1.39. The Bertz CT molecular complexity index is 1120. The number of benzene rings is 1. The minimum Gasteiger partial charge on any atom is -0.398 e. The summed E-state index contributed by atoms with van der Waals surface area (Å²) in [4.78, 5) is 25.5. The Morgan fingerprint density at radius 3 is 3.03 bits per heavy atom. The highest BCUT2D eigenvalue weighted by molar-refractivity contribution is 5.87. The lowest BCUT2D eigenvalue weighted by Gasteiger charge is -2.30. The van der Waals surface area contributed by atoms with Crippen molar-refractivity contribution in [3.63, 3.8) is 0 Å². The Kier molecular flexibility index (Phi) is 4.31. The smallest absolute Gasteiger partial charge is 0.256 e. The molecule has 0 spiro atoms. The van der Waals surface area contributed by atoms with Crippen LogP contribution in [0.5, 0.6) is 0 Å². The quantitative estimate of drug-likeness (QED) is 0.346. The molecule has 1 amide bonds. The van der Waals surface area contributed by atoms with Gasteiger partial charge in [-0.15, -0.1) is 0 Å². The maximum Gasteiger partial charge on any atom is 0.256 e. The normalized spacial score (nSPS) is 27.5. The first-order valence-corrected chi connectivity index (χ1v) is 9.61.